The number of rotatable bonds is 4. The molecule has 0 saturated carbocycles. The van der Waals surface area contributed by atoms with Crippen molar-refractivity contribution in [3.8, 4) is 0 Å². The van der Waals surface area contributed by atoms with Crippen molar-refractivity contribution in [1.29, 1.82) is 0 Å². The predicted octanol–water partition coefficient (Wildman–Crippen LogP) is 6.87. The Balaban J connectivity index is 3.30. The van der Waals surface area contributed by atoms with Gasteiger partial charge in [0.25, 0.3) is 19.5 Å². The molecule has 0 aromatic rings. The normalized spacial score (nSPS) is 37.1. The first kappa shape index (κ1) is 15.8. The topological polar surface area (TPSA) is 55.5 Å². The van der Waals surface area contributed by atoms with E-state index in [1.54, 1.807) is 13.8 Å². The molecule has 0 radical (unpaired) electrons. The molecule has 1 aliphatic rings. The highest BCUT2D eigenvalue weighted by Crippen LogP contribution is 2.85. The van der Waals surface area contributed by atoms with E-state index in [4.69, 9.17) is 54.0 Å². The Morgan fingerprint density at radius 2 is 1.25 bits per heavy atom. The van der Waals surface area contributed by atoms with Crippen molar-refractivity contribution in [2.45, 2.75) is 13.8 Å². The van der Waals surface area contributed by atoms with Gasteiger partial charge in [-0.15, -0.1) is 0 Å². The van der Waals surface area contributed by atoms with Gasteiger partial charge in [-0.2, -0.15) is 13.5 Å². The van der Waals surface area contributed by atoms with Crippen molar-refractivity contribution < 1.29 is 9.05 Å². The van der Waals surface area contributed by atoms with E-state index in [0.29, 0.717) is 13.2 Å². The van der Waals surface area contributed by atoms with Gasteiger partial charge in [0, 0.05) is 0 Å². The highest BCUT2D eigenvalue weighted by molar-refractivity contribution is 8.16. The minimum Gasteiger partial charge on any atom is -0.316 e. The van der Waals surface area contributed by atoms with Crippen LogP contribution >= 0.6 is 64.4 Å². The Morgan fingerprint density at radius 3 is 1.69 bits per heavy atom. The number of hydrogen-bond donors (Lipinski definition) is 0. The molecule has 0 aliphatic carbocycles. The molecular formula is C4H10Cl4N3O2P3. The molecule has 0 aromatic carbocycles. The predicted molar refractivity (Wildman–Crippen MR) is 74.7 cm³/mol. The van der Waals surface area contributed by atoms with Crippen LogP contribution in [0.15, 0.2) is 13.5 Å². The van der Waals surface area contributed by atoms with Crippen LogP contribution in [0.3, 0.4) is 0 Å². The Bertz CT molecular complexity index is 421. The van der Waals surface area contributed by atoms with Gasteiger partial charge in [0.05, 0.1) is 13.2 Å². The summed E-state index contributed by atoms with van der Waals surface area (Å²) in [4.78, 5) is 0. The third kappa shape index (κ3) is 4.46. The summed E-state index contributed by atoms with van der Waals surface area (Å²) in [5.41, 5.74) is 0. The quantitative estimate of drug-likeness (QED) is 0.510. The van der Waals surface area contributed by atoms with Gasteiger partial charge in [-0.1, -0.05) is 0 Å². The summed E-state index contributed by atoms with van der Waals surface area (Å²) in [6.45, 7) is -1.67. The van der Waals surface area contributed by atoms with Gasteiger partial charge in [-0.25, -0.2) is 0 Å². The molecule has 0 bridgehead atoms. The molecule has 96 valence electrons. The van der Waals surface area contributed by atoms with E-state index in [0.717, 1.165) is 0 Å². The third-order valence-corrected chi connectivity index (χ3v) is 13.1. The second kappa shape index (κ2) is 5.82. The van der Waals surface area contributed by atoms with E-state index in [1.807, 2.05) is 0 Å². The van der Waals surface area contributed by atoms with Crippen molar-refractivity contribution in [2.75, 3.05) is 13.2 Å². The second-order valence-electron chi connectivity index (χ2n) is 2.51. The molecule has 0 amide bonds. The van der Waals surface area contributed by atoms with Crippen molar-refractivity contribution >= 4 is 64.4 Å². The average molecular weight is 367 g/mol. The molecule has 1 aliphatic heterocycles. The lowest BCUT2D eigenvalue weighted by Gasteiger charge is -2.23. The number of nitrogens with zero attached hydrogens (tertiary/aromatic N) is 3. The van der Waals surface area contributed by atoms with Gasteiger partial charge >= 0.3 is 0 Å². The lowest BCUT2D eigenvalue weighted by Crippen LogP contribution is -1.86. The van der Waals surface area contributed by atoms with Crippen molar-refractivity contribution in [3.63, 3.8) is 0 Å². The van der Waals surface area contributed by atoms with Crippen LogP contribution in [0.25, 0.3) is 0 Å². The van der Waals surface area contributed by atoms with Crippen LogP contribution in [0.5, 0.6) is 0 Å². The first-order valence-corrected chi connectivity index (χ1v) is 12.8. The van der Waals surface area contributed by atoms with Gasteiger partial charge in [0.2, 0.25) is 0 Å². The highest BCUT2D eigenvalue weighted by Gasteiger charge is 2.34. The molecular weight excluding hydrogens is 357 g/mol. The van der Waals surface area contributed by atoms with Gasteiger partial charge < -0.3 is 9.05 Å². The van der Waals surface area contributed by atoms with Gasteiger partial charge in [-0.3, -0.25) is 0 Å². The Labute approximate surface area is 114 Å². The fraction of sp³-hybridized carbons (Fsp3) is 1.00. The highest BCUT2D eigenvalue weighted by atomic mass is 35.9. The Hall–Kier alpha value is 1.77. The van der Waals surface area contributed by atoms with E-state index in [-0.39, 0.29) is 0 Å². The molecule has 2 atom stereocenters. The summed E-state index contributed by atoms with van der Waals surface area (Å²) in [6, 6.07) is 0. The number of hydrogen-bond acceptors (Lipinski definition) is 5. The summed E-state index contributed by atoms with van der Waals surface area (Å²) in [5, 5.41) is 0. The minimum atomic E-state index is -2.95. The van der Waals surface area contributed by atoms with Crippen molar-refractivity contribution in [1.82, 2.24) is 0 Å². The standard InChI is InChI=1S/C4H10Cl4N3O2P3/c1-3-12-15(7)9-14(5,6)10-16(8,11-15)13-4-2/h3-4H2,1-2H3/t15-,16-/m1/s1. The summed E-state index contributed by atoms with van der Waals surface area (Å²) in [7, 11) is 0. The zero-order valence-electron chi connectivity index (χ0n) is 8.43. The smallest absolute Gasteiger partial charge is 0.300 e. The van der Waals surface area contributed by atoms with Crippen LogP contribution in [-0.2, 0) is 9.05 Å². The Morgan fingerprint density at radius 1 is 0.812 bits per heavy atom. The maximum absolute atomic E-state index is 6.10. The van der Waals surface area contributed by atoms with E-state index in [2.05, 4.69) is 13.5 Å². The van der Waals surface area contributed by atoms with Crippen molar-refractivity contribution in [3.05, 3.63) is 0 Å². The van der Waals surface area contributed by atoms with Gasteiger partial charge in [0.1, 0.15) is 0 Å². The SMILES string of the molecule is CCO[P@]1(Cl)=NP(Cl)(Cl)=N[P@@](Cl)(OCC)=N1. The summed E-state index contributed by atoms with van der Waals surface area (Å²) >= 11 is 24.0. The molecule has 1 heterocycles. The van der Waals surface area contributed by atoms with Crippen LogP contribution in [0.4, 0.5) is 0 Å². The zero-order chi connectivity index (χ0) is 12.4. The second-order valence-corrected chi connectivity index (χ2v) is 14.0. The van der Waals surface area contributed by atoms with Crippen LogP contribution in [0.2, 0.25) is 0 Å². The maximum atomic E-state index is 6.10. The van der Waals surface area contributed by atoms with Crippen LogP contribution in [-0.4, -0.2) is 13.2 Å². The Kier molecular flexibility index (Phi) is 5.76. The number of halogens is 4. The van der Waals surface area contributed by atoms with Crippen LogP contribution in [0.1, 0.15) is 13.8 Å². The van der Waals surface area contributed by atoms with Gasteiger partial charge in [-0.05, 0) is 58.8 Å². The maximum Gasteiger partial charge on any atom is 0.300 e. The van der Waals surface area contributed by atoms with E-state index in [9.17, 15) is 0 Å². The molecule has 0 saturated heterocycles. The first-order chi connectivity index (χ1) is 7.24. The summed E-state index contributed by atoms with van der Waals surface area (Å²) < 4.78 is 22.4. The molecule has 0 spiro atoms. The lowest BCUT2D eigenvalue weighted by atomic mass is 10.9. The fourth-order valence-corrected chi connectivity index (χ4v) is 15.8. The molecule has 0 fully saturated rings. The first-order valence-electron chi connectivity index (χ1n) is 4.23. The largest absolute Gasteiger partial charge is 0.316 e. The molecule has 1 rings (SSSR count). The molecule has 12 heteroatoms. The fourth-order valence-electron chi connectivity index (χ4n) is 0.887. The van der Waals surface area contributed by atoms with Crippen molar-refractivity contribution in [2.24, 2.45) is 13.5 Å². The lowest BCUT2D eigenvalue weighted by molar-refractivity contribution is 0.373. The van der Waals surface area contributed by atoms with Gasteiger partial charge in [0.15, 0.2) is 0 Å². The van der Waals surface area contributed by atoms with E-state index < -0.39 is 19.5 Å². The molecule has 16 heavy (non-hydrogen) atoms. The summed E-state index contributed by atoms with van der Waals surface area (Å²) in [6.07, 6.45) is 0. The van der Waals surface area contributed by atoms with Crippen LogP contribution < -0.4 is 0 Å². The molecule has 0 unspecified atom stereocenters. The zero-order valence-corrected chi connectivity index (χ0v) is 14.1. The monoisotopic (exact) mass is 365 g/mol. The molecule has 5 nitrogen and oxygen atoms in total. The van der Waals surface area contributed by atoms with E-state index >= 15 is 0 Å². The minimum absolute atomic E-state index is 0.334. The third-order valence-electron chi connectivity index (χ3n) is 1.24. The molecule has 0 aromatic heterocycles. The summed E-state index contributed by atoms with van der Waals surface area (Å²) in [5.74, 6) is -2.95. The molecule has 0 N–H and O–H groups in total. The van der Waals surface area contributed by atoms with E-state index in [1.165, 1.54) is 0 Å². The average Bonchev–Trinajstić information content (AvgIpc) is 1.97. The van der Waals surface area contributed by atoms with Crippen LogP contribution in [0, 0.1) is 0 Å².